The summed E-state index contributed by atoms with van der Waals surface area (Å²) >= 11 is 0. The first-order valence-electron chi connectivity index (χ1n) is 5.04. The first-order chi connectivity index (χ1) is 8.15. The van der Waals surface area contributed by atoms with E-state index in [1.807, 2.05) is 0 Å². The van der Waals surface area contributed by atoms with Gasteiger partial charge < -0.3 is 19.2 Å². The van der Waals surface area contributed by atoms with E-state index in [2.05, 4.69) is 0 Å². The molecule has 1 aromatic rings. The van der Waals surface area contributed by atoms with Crippen LogP contribution in [-0.4, -0.2) is 30.4 Å². The van der Waals surface area contributed by atoms with Crippen LogP contribution in [0, 0.1) is 10.1 Å². The van der Waals surface area contributed by atoms with Crippen molar-refractivity contribution in [3.63, 3.8) is 0 Å². The molecule has 0 radical (unpaired) electrons. The highest BCUT2D eigenvalue weighted by atomic mass is 16.7. The Bertz CT molecular complexity index is 493. The van der Waals surface area contributed by atoms with Crippen molar-refractivity contribution >= 4 is 12.6 Å². The van der Waals surface area contributed by atoms with Crippen molar-refractivity contribution in [2.75, 3.05) is 13.3 Å². The predicted octanol–water partition coefficient (Wildman–Crippen LogP) is -0.549. The van der Waals surface area contributed by atoms with E-state index in [1.165, 1.54) is 0 Å². The first-order valence-corrected chi connectivity index (χ1v) is 5.04. The number of rotatable bonds is 2. The van der Waals surface area contributed by atoms with Crippen molar-refractivity contribution in [3.05, 3.63) is 27.8 Å². The highest BCUT2D eigenvalue weighted by Gasteiger charge is 2.39. The van der Waals surface area contributed by atoms with E-state index in [0.29, 0.717) is 22.5 Å². The molecule has 0 aliphatic carbocycles. The quantitative estimate of drug-likeness (QED) is 0.421. The summed E-state index contributed by atoms with van der Waals surface area (Å²) in [5.41, 5.74) is 1.08. The lowest BCUT2D eigenvalue weighted by Crippen LogP contribution is -2.28. The number of nitro groups is 1. The molecule has 0 aromatic heterocycles. The van der Waals surface area contributed by atoms with Gasteiger partial charge in [0.05, 0.1) is 0 Å². The molecule has 2 heterocycles. The second-order valence-electron chi connectivity index (χ2n) is 3.83. The van der Waals surface area contributed by atoms with Gasteiger partial charge in [-0.3, -0.25) is 10.1 Å². The third kappa shape index (κ3) is 1.61. The molecule has 0 spiro atoms. The maximum Gasteiger partial charge on any atom is 0.492 e. The minimum Gasteiger partial charge on any atom is -0.454 e. The molecule has 7 nitrogen and oxygen atoms in total. The molecule has 88 valence electrons. The van der Waals surface area contributed by atoms with Gasteiger partial charge >= 0.3 is 7.12 Å². The predicted molar refractivity (Wildman–Crippen MR) is 55.9 cm³/mol. The third-order valence-corrected chi connectivity index (χ3v) is 2.80. The van der Waals surface area contributed by atoms with Gasteiger partial charge in [-0.15, -0.1) is 0 Å². The zero-order valence-electron chi connectivity index (χ0n) is 8.66. The molecular weight excluding hydrogens is 229 g/mol. The van der Waals surface area contributed by atoms with E-state index in [4.69, 9.17) is 14.1 Å². The minimum absolute atomic E-state index is 0.120. The molecule has 8 heteroatoms. The highest BCUT2D eigenvalue weighted by molar-refractivity contribution is 6.61. The van der Waals surface area contributed by atoms with Crippen molar-refractivity contribution in [2.45, 2.75) is 6.10 Å². The smallest absolute Gasteiger partial charge is 0.454 e. The number of hydrogen-bond acceptors (Lipinski definition) is 6. The molecule has 1 aromatic carbocycles. The standard InChI is InChI=1S/C9H8BNO6/c12-10-6-2-8-7(15-4-16-8)1-5(6)9(17-10)3-11(13)14/h1-2,9,12H,3-4H2. The number of fused-ring (bicyclic) bond motifs is 2. The molecule has 2 aliphatic rings. The molecule has 0 bridgehead atoms. The monoisotopic (exact) mass is 237 g/mol. The fourth-order valence-corrected chi connectivity index (χ4v) is 2.05. The molecule has 1 unspecified atom stereocenters. The Hall–Kier alpha value is -1.80. The lowest BCUT2D eigenvalue weighted by Gasteiger charge is -2.07. The van der Waals surface area contributed by atoms with Gasteiger partial charge in [-0.1, -0.05) is 0 Å². The fraction of sp³-hybridized carbons (Fsp3) is 0.333. The number of hydrogen-bond donors (Lipinski definition) is 1. The maximum absolute atomic E-state index is 10.5. The van der Waals surface area contributed by atoms with Crippen LogP contribution < -0.4 is 14.9 Å². The van der Waals surface area contributed by atoms with Crippen LogP contribution in [0.15, 0.2) is 12.1 Å². The van der Waals surface area contributed by atoms with Crippen LogP contribution in [0.2, 0.25) is 0 Å². The first kappa shape index (κ1) is 10.4. The molecule has 0 fully saturated rings. The van der Waals surface area contributed by atoms with Gasteiger partial charge in [0.25, 0.3) is 0 Å². The minimum atomic E-state index is -1.15. The van der Waals surface area contributed by atoms with Gasteiger partial charge in [0.1, 0.15) is 6.10 Å². The van der Waals surface area contributed by atoms with Crippen LogP contribution in [-0.2, 0) is 4.65 Å². The van der Waals surface area contributed by atoms with Gasteiger partial charge in [0.15, 0.2) is 11.5 Å². The average molecular weight is 237 g/mol. The summed E-state index contributed by atoms with van der Waals surface area (Å²) in [6.07, 6.45) is -0.746. The number of ether oxygens (including phenoxy) is 2. The summed E-state index contributed by atoms with van der Waals surface area (Å²) < 4.78 is 15.5. The second kappa shape index (κ2) is 3.61. The molecule has 0 amide bonds. The van der Waals surface area contributed by atoms with Gasteiger partial charge in [-0.2, -0.15) is 0 Å². The lowest BCUT2D eigenvalue weighted by molar-refractivity contribution is -0.490. The Balaban J connectivity index is 2.01. The molecular formula is C9H8BNO6. The Labute approximate surface area is 96.2 Å². The second-order valence-corrected chi connectivity index (χ2v) is 3.83. The van der Waals surface area contributed by atoms with Gasteiger partial charge in [0.2, 0.25) is 13.3 Å². The molecule has 1 N–H and O–H groups in total. The largest absolute Gasteiger partial charge is 0.492 e. The van der Waals surface area contributed by atoms with Crippen molar-refractivity contribution in [3.8, 4) is 11.5 Å². The maximum atomic E-state index is 10.5. The molecule has 0 saturated heterocycles. The summed E-state index contributed by atoms with van der Waals surface area (Å²) in [5.74, 6) is 1.04. The third-order valence-electron chi connectivity index (χ3n) is 2.80. The normalized spacial score (nSPS) is 20.5. The van der Waals surface area contributed by atoms with E-state index in [0.717, 1.165) is 0 Å². The lowest BCUT2D eigenvalue weighted by atomic mass is 9.79. The van der Waals surface area contributed by atoms with Gasteiger partial charge in [-0.25, -0.2) is 0 Å². The van der Waals surface area contributed by atoms with E-state index in [1.54, 1.807) is 12.1 Å². The number of nitrogens with zero attached hydrogens (tertiary/aromatic N) is 1. The SMILES string of the molecule is O=[N+]([O-])CC1OB(O)c2cc3c(cc21)OCO3. The summed E-state index contributed by atoms with van der Waals surface area (Å²) in [7, 11) is -1.15. The molecule has 2 aliphatic heterocycles. The van der Waals surface area contributed by atoms with Crippen molar-refractivity contribution < 1.29 is 24.1 Å². The topological polar surface area (TPSA) is 91.1 Å². The van der Waals surface area contributed by atoms with E-state index in [9.17, 15) is 15.1 Å². The Morgan fingerprint density at radius 1 is 1.47 bits per heavy atom. The van der Waals surface area contributed by atoms with Crippen molar-refractivity contribution in [1.29, 1.82) is 0 Å². The van der Waals surface area contributed by atoms with E-state index < -0.39 is 18.1 Å². The van der Waals surface area contributed by atoms with Crippen molar-refractivity contribution in [2.24, 2.45) is 0 Å². The van der Waals surface area contributed by atoms with Crippen LogP contribution in [0.25, 0.3) is 0 Å². The van der Waals surface area contributed by atoms with E-state index in [-0.39, 0.29) is 13.3 Å². The summed E-state index contributed by atoms with van der Waals surface area (Å²) in [5, 5.41) is 20.1. The summed E-state index contributed by atoms with van der Waals surface area (Å²) in [6, 6.07) is 3.23. The van der Waals surface area contributed by atoms with Crippen LogP contribution in [0.4, 0.5) is 0 Å². The van der Waals surface area contributed by atoms with Crippen LogP contribution >= 0.6 is 0 Å². The van der Waals surface area contributed by atoms with Crippen molar-refractivity contribution in [1.82, 2.24) is 0 Å². The molecule has 17 heavy (non-hydrogen) atoms. The number of benzene rings is 1. The summed E-state index contributed by atoms with van der Waals surface area (Å²) in [4.78, 5) is 10.0. The Kier molecular flexibility index (Phi) is 2.20. The average Bonchev–Trinajstić information content (AvgIpc) is 2.82. The molecule has 1 atom stereocenters. The van der Waals surface area contributed by atoms with Crippen LogP contribution in [0.5, 0.6) is 11.5 Å². The Morgan fingerprint density at radius 3 is 2.88 bits per heavy atom. The zero-order chi connectivity index (χ0) is 12.0. The summed E-state index contributed by atoms with van der Waals surface area (Å²) in [6.45, 7) is -0.265. The zero-order valence-corrected chi connectivity index (χ0v) is 8.66. The fourth-order valence-electron chi connectivity index (χ4n) is 2.05. The van der Waals surface area contributed by atoms with Gasteiger partial charge in [0, 0.05) is 4.92 Å². The highest BCUT2D eigenvalue weighted by Crippen LogP contribution is 2.36. The van der Waals surface area contributed by atoms with Crippen LogP contribution in [0.1, 0.15) is 11.7 Å². The molecule has 3 rings (SSSR count). The van der Waals surface area contributed by atoms with E-state index >= 15 is 0 Å². The Morgan fingerprint density at radius 2 is 2.18 bits per heavy atom. The molecule has 0 saturated carbocycles. The van der Waals surface area contributed by atoms with Crippen LogP contribution in [0.3, 0.4) is 0 Å². The van der Waals surface area contributed by atoms with Gasteiger partial charge in [-0.05, 0) is 23.2 Å².